The Labute approximate surface area is 310 Å². The lowest BCUT2D eigenvalue weighted by Gasteiger charge is -2.24. The number of aromatic nitrogens is 2. The molecule has 0 saturated carbocycles. The molecule has 1 amide bonds. The van der Waals surface area contributed by atoms with Gasteiger partial charge in [-0.3, -0.25) is 14.5 Å². The van der Waals surface area contributed by atoms with Crippen molar-refractivity contribution in [2.45, 2.75) is 22.7 Å². The van der Waals surface area contributed by atoms with Crippen LogP contribution in [0.2, 0.25) is 10.0 Å². The van der Waals surface area contributed by atoms with Crippen LogP contribution in [0, 0.1) is 0 Å². The highest BCUT2D eigenvalue weighted by molar-refractivity contribution is 8.00. The molecule has 0 saturated heterocycles. The number of halogens is 2. The molecule has 1 unspecified atom stereocenters. The smallest absolute Gasteiger partial charge is 0.296 e. The molecular formula is C37H27Cl2N3O7S2. The van der Waals surface area contributed by atoms with Gasteiger partial charge in [0.15, 0.2) is 38.7 Å². The lowest BCUT2D eigenvalue weighted by atomic mass is 9.95. The predicted octanol–water partition coefficient (Wildman–Crippen LogP) is 9.26. The van der Waals surface area contributed by atoms with Crippen LogP contribution < -0.4 is 19.1 Å². The molecule has 1 aliphatic rings. The van der Waals surface area contributed by atoms with Gasteiger partial charge in [-0.1, -0.05) is 101 Å². The average molecular weight is 761 g/mol. The zero-order chi connectivity index (χ0) is 35.6. The minimum atomic E-state index is -1.13. The summed E-state index contributed by atoms with van der Waals surface area (Å²) >= 11 is 14.9. The van der Waals surface area contributed by atoms with Crippen LogP contribution in [0.4, 0.5) is 5.13 Å². The Bertz CT molecular complexity index is 2310. The topological polar surface area (TPSA) is 124 Å². The molecule has 1 atom stereocenters. The summed E-state index contributed by atoms with van der Waals surface area (Å²) in [6.07, 6.45) is 0. The molecule has 3 heterocycles. The third-order valence-corrected chi connectivity index (χ3v) is 10.8. The number of benzene rings is 4. The number of furan rings is 1. The second-order valence-electron chi connectivity index (χ2n) is 11.2. The summed E-state index contributed by atoms with van der Waals surface area (Å²) < 4.78 is 23.7. The third kappa shape index (κ3) is 6.87. The average Bonchev–Trinajstić information content (AvgIpc) is 3.86. The van der Waals surface area contributed by atoms with E-state index in [1.165, 1.54) is 30.9 Å². The Morgan fingerprint density at radius 2 is 1.75 bits per heavy atom. The van der Waals surface area contributed by atoms with Crippen LogP contribution in [0.1, 0.15) is 33.3 Å². The van der Waals surface area contributed by atoms with E-state index in [0.29, 0.717) is 53.9 Å². The molecule has 0 fully saturated rings. The van der Waals surface area contributed by atoms with Gasteiger partial charge in [-0.2, -0.15) is 0 Å². The normalized spacial score (nSPS) is 14.4. The van der Waals surface area contributed by atoms with Crippen molar-refractivity contribution in [3.05, 3.63) is 135 Å². The van der Waals surface area contributed by atoms with E-state index < -0.39 is 23.5 Å². The number of anilines is 1. The van der Waals surface area contributed by atoms with Crippen molar-refractivity contribution in [3.63, 3.8) is 0 Å². The van der Waals surface area contributed by atoms with Gasteiger partial charge in [0.05, 0.1) is 25.8 Å². The first-order valence-corrected chi connectivity index (χ1v) is 17.9. The van der Waals surface area contributed by atoms with Crippen LogP contribution in [0.15, 0.2) is 111 Å². The maximum atomic E-state index is 14.3. The summed E-state index contributed by atoms with van der Waals surface area (Å²) in [6.45, 7) is 0.289. The molecule has 10 nitrogen and oxygen atoms in total. The molecule has 0 radical (unpaired) electrons. The number of carbonyl (C=O) groups excluding carboxylic acids is 2. The molecule has 1 N–H and O–H groups in total. The second kappa shape index (κ2) is 14.7. The Morgan fingerprint density at radius 3 is 2.51 bits per heavy atom. The van der Waals surface area contributed by atoms with Crippen molar-refractivity contribution < 1.29 is 33.3 Å². The van der Waals surface area contributed by atoms with Crippen LogP contribution in [-0.4, -0.2) is 41.2 Å². The third-order valence-electron chi connectivity index (χ3n) is 8.11. The number of carbonyl (C=O) groups is 2. The summed E-state index contributed by atoms with van der Waals surface area (Å²) in [7, 11) is 2.99. The first-order valence-electron chi connectivity index (χ1n) is 15.4. The molecule has 0 bridgehead atoms. The van der Waals surface area contributed by atoms with Crippen LogP contribution in [-0.2, 0) is 17.2 Å². The van der Waals surface area contributed by atoms with E-state index in [-0.39, 0.29) is 23.1 Å². The highest BCUT2D eigenvalue weighted by atomic mass is 35.5. The molecule has 4 aromatic carbocycles. The number of para-hydroxylation sites is 1. The van der Waals surface area contributed by atoms with Gasteiger partial charge in [0.25, 0.3) is 5.91 Å². The summed E-state index contributed by atoms with van der Waals surface area (Å²) in [5.41, 5.74) is 2.41. The number of nitrogens with zero attached hydrogens (tertiary/aromatic N) is 3. The predicted molar refractivity (Wildman–Crippen MR) is 197 cm³/mol. The molecule has 0 spiro atoms. The minimum Gasteiger partial charge on any atom is -0.503 e. The van der Waals surface area contributed by atoms with Crippen LogP contribution in [0.3, 0.4) is 0 Å². The number of thioether (sulfide) groups is 1. The quantitative estimate of drug-likeness (QED) is 0.0734. The van der Waals surface area contributed by atoms with Gasteiger partial charge >= 0.3 is 0 Å². The molecule has 14 heteroatoms. The molecule has 51 heavy (non-hydrogen) atoms. The number of rotatable bonds is 12. The molecule has 2 aromatic heterocycles. The summed E-state index contributed by atoms with van der Waals surface area (Å²) in [6, 6.07) is 25.6. The molecule has 0 aliphatic carbocycles. The van der Waals surface area contributed by atoms with Crippen LogP contribution >= 0.6 is 46.3 Å². The Hall–Kier alpha value is -5.01. The van der Waals surface area contributed by atoms with Gasteiger partial charge in [-0.25, -0.2) is 0 Å². The summed E-state index contributed by atoms with van der Waals surface area (Å²) in [5, 5.41) is 21.8. The first-order chi connectivity index (χ1) is 24.7. The summed E-state index contributed by atoms with van der Waals surface area (Å²) in [4.78, 5) is 29.5. The number of ketones is 1. The molecule has 7 rings (SSSR count). The highest BCUT2D eigenvalue weighted by Gasteiger charge is 2.47. The van der Waals surface area contributed by atoms with E-state index in [4.69, 9.17) is 41.8 Å². The van der Waals surface area contributed by atoms with E-state index in [1.807, 2.05) is 36.4 Å². The SMILES string of the molecule is COc1cc(C2C(C(=O)c3cc4cccc(OC)c4o3)=C(O)C(=O)N2c2nnc(SCc3ccc(Cl)cc3Cl)s2)ccc1OCc1ccccc1. The fraction of sp³-hybridized carbons (Fsp3) is 0.135. The highest BCUT2D eigenvalue weighted by Crippen LogP contribution is 2.46. The van der Waals surface area contributed by atoms with Gasteiger partial charge in [0.2, 0.25) is 10.9 Å². The van der Waals surface area contributed by atoms with Gasteiger partial charge in [-0.15, -0.1) is 10.2 Å². The number of methoxy groups -OCH3 is 2. The first kappa shape index (κ1) is 34.4. The van der Waals surface area contributed by atoms with Gasteiger partial charge in [0, 0.05) is 21.2 Å². The maximum absolute atomic E-state index is 14.3. The van der Waals surface area contributed by atoms with E-state index in [1.54, 1.807) is 54.6 Å². The zero-order valence-electron chi connectivity index (χ0n) is 27.0. The Morgan fingerprint density at radius 1 is 0.941 bits per heavy atom. The van der Waals surface area contributed by atoms with Gasteiger partial charge < -0.3 is 23.7 Å². The monoisotopic (exact) mass is 759 g/mol. The largest absolute Gasteiger partial charge is 0.503 e. The lowest BCUT2D eigenvalue weighted by Crippen LogP contribution is -2.31. The fourth-order valence-corrected chi connectivity index (χ4v) is 8.06. The fourth-order valence-electron chi connectivity index (χ4n) is 5.64. The van der Waals surface area contributed by atoms with E-state index in [9.17, 15) is 14.7 Å². The van der Waals surface area contributed by atoms with Crippen molar-refractivity contribution >= 4 is 74.1 Å². The maximum Gasteiger partial charge on any atom is 0.296 e. The molecule has 6 aromatic rings. The van der Waals surface area contributed by atoms with Crippen molar-refractivity contribution in [1.29, 1.82) is 0 Å². The van der Waals surface area contributed by atoms with Crippen LogP contribution in [0.25, 0.3) is 11.0 Å². The number of aliphatic hydroxyl groups is 1. The van der Waals surface area contributed by atoms with Gasteiger partial charge in [0.1, 0.15) is 6.61 Å². The number of aliphatic hydroxyl groups excluding tert-OH is 1. The summed E-state index contributed by atoms with van der Waals surface area (Å²) in [5.74, 6) is -0.637. The number of hydrogen-bond donors (Lipinski definition) is 1. The Kier molecular flexibility index (Phi) is 9.92. The molecular weight excluding hydrogens is 733 g/mol. The number of ether oxygens (including phenoxy) is 3. The number of amides is 1. The van der Waals surface area contributed by atoms with Crippen molar-refractivity contribution in [3.8, 4) is 17.2 Å². The minimum absolute atomic E-state index is 0.0844. The molecule has 258 valence electrons. The standard InChI is InChI=1S/C37H27Cl2N3O7S2/c1-46-27-10-6-9-22-16-29(49-34(22)27)32(43)30-31(21-12-14-26(28(15-21)47-2)48-18-20-7-4-3-5-8-20)42(35(45)33(30)44)36-40-41-37(51-36)50-19-23-11-13-24(38)17-25(23)39/h3-17,31,44H,18-19H2,1-2H3. The van der Waals surface area contributed by atoms with Crippen molar-refractivity contribution in [2.75, 3.05) is 19.1 Å². The van der Waals surface area contributed by atoms with Crippen molar-refractivity contribution in [2.24, 2.45) is 0 Å². The van der Waals surface area contributed by atoms with Crippen molar-refractivity contribution in [1.82, 2.24) is 10.2 Å². The number of hydrogen-bond acceptors (Lipinski definition) is 11. The van der Waals surface area contributed by atoms with Crippen LogP contribution in [0.5, 0.6) is 17.2 Å². The zero-order valence-corrected chi connectivity index (χ0v) is 30.1. The van der Waals surface area contributed by atoms with E-state index in [0.717, 1.165) is 22.5 Å². The lowest BCUT2D eigenvalue weighted by molar-refractivity contribution is -0.117. The number of Topliss-reactive ketones (excluding diaryl/α,β-unsaturated/α-hetero) is 1. The van der Waals surface area contributed by atoms with E-state index in [2.05, 4.69) is 10.2 Å². The van der Waals surface area contributed by atoms with E-state index >= 15 is 0 Å². The number of fused-ring (bicyclic) bond motifs is 1. The molecule has 1 aliphatic heterocycles. The Balaban J connectivity index is 1.26. The van der Waals surface area contributed by atoms with Gasteiger partial charge in [-0.05, 0) is 53.1 Å². The second-order valence-corrected chi connectivity index (χ2v) is 14.2.